The van der Waals surface area contributed by atoms with E-state index in [-0.39, 0.29) is 0 Å². The number of nitrogens with zero attached hydrogens (tertiary/aromatic N) is 1. The van der Waals surface area contributed by atoms with Crippen LogP contribution < -0.4 is 5.32 Å². The Morgan fingerprint density at radius 2 is 2.53 bits per heavy atom. The summed E-state index contributed by atoms with van der Waals surface area (Å²) in [5.41, 5.74) is 0. The SMILES string of the molecule is CN1CCCC1CNCC(O)COCc1ccco1. The van der Waals surface area contributed by atoms with E-state index >= 15 is 0 Å². The van der Waals surface area contributed by atoms with Gasteiger partial charge in [-0.25, -0.2) is 0 Å². The summed E-state index contributed by atoms with van der Waals surface area (Å²) < 4.78 is 10.5. The van der Waals surface area contributed by atoms with E-state index < -0.39 is 6.10 Å². The number of aliphatic hydroxyl groups excluding tert-OH is 1. The van der Waals surface area contributed by atoms with Gasteiger partial charge in [-0.15, -0.1) is 0 Å². The Morgan fingerprint density at radius 3 is 3.21 bits per heavy atom. The number of likely N-dealkylation sites (tertiary alicyclic amines) is 1. The Balaban J connectivity index is 1.51. The Kier molecular flexibility index (Phi) is 5.85. The van der Waals surface area contributed by atoms with Gasteiger partial charge in [-0.3, -0.25) is 0 Å². The van der Waals surface area contributed by atoms with Crippen molar-refractivity contribution < 1.29 is 14.3 Å². The fourth-order valence-electron chi connectivity index (χ4n) is 2.40. The molecule has 19 heavy (non-hydrogen) atoms. The van der Waals surface area contributed by atoms with Gasteiger partial charge in [0.15, 0.2) is 0 Å². The molecule has 1 aromatic heterocycles. The van der Waals surface area contributed by atoms with Gasteiger partial charge in [-0.05, 0) is 38.6 Å². The first-order valence-corrected chi connectivity index (χ1v) is 6.95. The lowest BCUT2D eigenvalue weighted by Gasteiger charge is -2.20. The van der Waals surface area contributed by atoms with Crippen LogP contribution in [0.15, 0.2) is 22.8 Å². The van der Waals surface area contributed by atoms with Crippen LogP contribution in [0.5, 0.6) is 0 Å². The highest BCUT2D eigenvalue weighted by Crippen LogP contribution is 2.13. The van der Waals surface area contributed by atoms with Crippen LogP contribution in [0.25, 0.3) is 0 Å². The van der Waals surface area contributed by atoms with E-state index in [4.69, 9.17) is 9.15 Å². The largest absolute Gasteiger partial charge is 0.467 e. The molecule has 2 rings (SSSR count). The van der Waals surface area contributed by atoms with E-state index in [1.165, 1.54) is 19.4 Å². The Morgan fingerprint density at radius 1 is 1.63 bits per heavy atom. The average molecular weight is 268 g/mol. The molecule has 1 fully saturated rings. The van der Waals surface area contributed by atoms with Crippen LogP contribution >= 0.6 is 0 Å². The average Bonchev–Trinajstić information content (AvgIpc) is 3.02. The maximum absolute atomic E-state index is 9.79. The third-order valence-corrected chi connectivity index (χ3v) is 3.57. The minimum Gasteiger partial charge on any atom is -0.467 e. The van der Waals surface area contributed by atoms with Crippen LogP contribution in [0.2, 0.25) is 0 Å². The topological polar surface area (TPSA) is 57.9 Å². The summed E-state index contributed by atoms with van der Waals surface area (Å²) in [6.45, 7) is 3.43. The lowest BCUT2D eigenvalue weighted by molar-refractivity contribution is 0.0222. The first-order chi connectivity index (χ1) is 9.25. The number of hydrogen-bond acceptors (Lipinski definition) is 5. The second kappa shape index (κ2) is 7.65. The van der Waals surface area contributed by atoms with Gasteiger partial charge in [0, 0.05) is 19.1 Å². The zero-order valence-corrected chi connectivity index (χ0v) is 11.5. The van der Waals surface area contributed by atoms with Crippen molar-refractivity contribution in [2.75, 3.05) is 33.3 Å². The number of hydrogen-bond donors (Lipinski definition) is 2. The van der Waals surface area contributed by atoms with E-state index in [0.717, 1.165) is 12.3 Å². The molecule has 1 saturated heterocycles. The van der Waals surface area contributed by atoms with Crippen molar-refractivity contribution in [2.45, 2.75) is 31.6 Å². The molecule has 0 bridgehead atoms. The van der Waals surface area contributed by atoms with Crippen molar-refractivity contribution in [2.24, 2.45) is 0 Å². The van der Waals surface area contributed by atoms with Crippen LogP contribution in [0.3, 0.4) is 0 Å². The summed E-state index contributed by atoms with van der Waals surface area (Å²) in [5, 5.41) is 13.1. The maximum atomic E-state index is 9.79. The zero-order chi connectivity index (χ0) is 13.5. The highest BCUT2D eigenvalue weighted by atomic mass is 16.5. The zero-order valence-electron chi connectivity index (χ0n) is 11.5. The van der Waals surface area contributed by atoms with E-state index in [9.17, 15) is 5.11 Å². The summed E-state index contributed by atoms with van der Waals surface area (Å²) in [7, 11) is 2.16. The number of likely N-dealkylation sites (N-methyl/N-ethyl adjacent to an activating group) is 1. The first-order valence-electron chi connectivity index (χ1n) is 6.95. The molecular formula is C14H24N2O3. The van der Waals surface area contributed by atoms with Crippen molar-refractivity contribution in [1.29, 1.82) is 0 Å². The van der Waals surface area contributed by atoms with Gasteiger partial charge >= 0.3 is 0 Å². The molecule has 1 aromatic rings. The van der Waals surface area contributed by atoms with Gasteiger partial charge in [0.2, 0.25) is 0 Å². The van der Waals surface area contributed by atoms with Crippen LogP contribution in [0.1, 0.15) is 18.6 Å². The fraction of sp³-hybridized carbons (Fsp3) is 0.714. The smallest absolute Gasteiger partial charge is 0.129 e. The highest BCUT2D eigenvalue weighted by Gasteiger charge is 2.20. The highest BCUT2D eigenvalue weighted by molar-refractivity contribution is 4.96. The molecule has 2 atom stereocenters. The van der Waals surface area contributed by atoms with Crippen molar-refractivity contribution in [3.8, 4) is 0 Å². The molecule has 5 nitrogen and oxygen atoms in total. The van der Waals surface area contributed by atoms with Crippen molar-refractivity contribution >= 4 is 0 Å². The third kappa shape index (κ3) is 4.95. The molecule has 1 aliphatic heterocycles. The molecule has 0 spiro atoms. The summed E-state index contributed by atoms with van der Waals surface area (Å²) in [5.74, 6) is 0.785. The van der Waals surface area contributed by atoms with Gasteiger partial charge in [-0.2, -0.15) is 0 Å². The predicted molar refractivity (Wildman–Crippen MR) is 72.9 cm³/mol. The molecule has 0 aliphatic carbocycles. The number of nitrogens with one attached hydrogen (secondary N) is 1. The number of ether oxygens (including phenoxy) is 1. The Bertz CT molecular complexity index is 342. The van der Waals surface area contributed by atoms with Gasteiger partial charge < -0.3 is 24.5 Å². The fourth-order valence-corrected chi connectivity index (χ4v) is 2.40. The van der Waals surface area contributed by atoms with Crippen LogP contribution in [0.4, 0.5) is 0 Å². The lowest BCUT2D eigenvalue weighted by Crippen LogP contribution is -2.39. The molecular weight excluding hydrogens is 244 g/mol. The maximum Gasteiger partial charge on any atom is 0.129 e. The van der Waals surface area contributed by atoms with E-state index in [0.29, 0.717) is 25.8 Å². The van der Waals surface area contributed by atoms with Gasteiger partial charge in [0.05, 0.1) is 19.0 Å². The van der Waals surface area contributed by atoms with Gasteiger partial charge in [0.1, 0.15) is 12.4 Å². The van der Waals surface area contributed by atoms with Crippen molar-refractivity contribution in [1.82, 2.24) is 10.2 Å². The number of aliphatic hydroxyl groups is 1. The molecule has 0 radical (unpaired) electrons. The normalized spacial score (nSPS) is 21.9. The predicted octanol–water partition coefficient (Wildman–Crippen LogP) is 0.841. The Labute approximate surface area is 114 Å². The summed E-state index contributed by atoms with van der Waals surface area (Å²) in [6, 6.07) is 4.30. The Hall–Kier alpha value is -0.880. The molecule has 2 N–H and O–H groups in total. The van der Waals surface area contributed by atoms with E-state index in [1.807, 2.05) is 12.1 Å². The molecule has 2 heterocycles. The summed E-state index contributed by atoms with van der Waals surface area (Å²) in [6.07, 6.45) is 3.67. The molecule has 5 heteroatoms. The molecule has 0 saturated carbocycles. The summed E-state index contributed by atoms with van der Waals surface area (Å²) >= 11 is 0. The quantitative estimate of drug-likeness (QED) is 0.732. The van der Waals surface area contributed by atoms with Crippen LogP contribution in [-0.4, -0.2) is 55.4 Å². The number of rotatable bonds is 8. The summed E-state index contributed by atoms with van der Waals surface area (Å²) in [4.78, 5) is 2.37. The molecule has 0 aromatic carbocycles. The minimum absolute atomic E-state index is 0.328. The molecule has 108 valence electrons. The molecule has 1 aliphatic rings. The first kappa shape index (κ1) is 14.5. The third-order valence-electron chi connectivity index (χ3n) is 3.57. The molecule has 2 unspecified atom stereocenters. The van der Waals surface area contributed by atoms with Gasteiger partial charge in [0.25, 0.3) is 0 Å². The van der Waals surface area contributed by atoms with Crippen molar-refractivity contribution in [3.63, 3.8) is 0 Å². The lowest BCUT2D eigenvalue weighted by atomic mass is 10.2. The second-order valence-corrected chi connectivity index (χ2v) is 5.18. The van der Waals surface area contributed by atoms with Crippen molar-refractivity contribution in [3.05, 3.63) is 24.2 Å². The minimum atomic E-state index is -0.471. The van der Waals surface area contributed by atoms with E-state index in [1.54, 1.807) is 6.26 Å². The molecule has 0 amide bonds. The van der Waals surface area contributed by atoms with Gasteiger partial charge in [-0.1, -0.05) is 0 Å². The van der Waals surface area contributed by atoms with Crippen LogP contribution in [-0.2, 0) is 11.3 Å². The monoisotopic (exact) mass is 268 g/mol. The van der Waals surface area contributed by atoms with Crippen LogP contribution in [0, 0.1) is 0 Å². The van der Waals surface area contributed by atoms with E-state index in [2.05, 4.69) is 17.3 Å². The second-order valence-electron chi connectivity index (χ2n) is 5.18. The standard InChI is InChI=1S/C14H24N2O3/c1-16-6-2-4-12(16)8-15-9-13(17)10-18-11-14-5-3-7-19-14/h3,5,7,12-13,15,17H,2,4,6,8-11H2,1H3. The number of furan rings is 1.